The molecule has 2 aromatic rings. The molecular weight excluding hydrogens is 222 g/mol. The fourth-order valence-corrected chi connectivity index (χ4v) is 2.00. The van der Waals surface area contributed by atoms with Crippen molar-refractivity contribution in [2.24, 2.45) is 5.73 Å². The van der Waals surface area contributed by atoms with Crippen LogP contribution in [-0.2, 0) is 12.2 Å². The molecule has 0 unspecified atom stereocenters. The molecule has 0 fully saturated rings. The van der Waals surface area contributed by atoms with Gasteiger partial charge in [0.05, 0.1) is 5.75 Å². The highest BCUT2D eigenvalue weighted by molar-refractivity contribution is 7.98. The minimum Gasteiger partial charge on any atom is -0.338 e. The lowest BCUT2D eigenvalue weighted by molar-refractivity contribution is 0.385. The quantitative estimate of drug-likeness (QED) is 0.801. The molecule has 0 aliphatic heterocycles. The summed E-state index contributed by atoms with van der Waals surface area (Å²) in [5.41, 5.74) is 5.41. The first-order valence-corrected chi connectivity index (χ1v) is 6.06. The van der Waals surface area contributed by atoms with Gasteiger partial charge in [0.1, 0.15) is 0 Å². The number of thioether (sulfide) groups is 1. The van der Waals surface area contributed by atoms with Crippen molar-refractivity contribution < 1.29 is 4.52 Å². The van der Waals surface area contributed by atoms with Crippen LogP contribution in [0.1, 0.15) is 11.7 Å². The Morgan fingerprint density at radius 1 is 1.25 bits per heavy atom. The van der Waals surface area contributed by atoms with Crippen LogP contribution in [0.2, 0.25) is 0 Å². The van der Waals surface area contributed by atoms with Gasteiger partial charge in [-0.05, 0) is 18.7 Å². The molecule has 1 heterocycles. The van der Waals surface area contributed by atoms with E-state index in [1.807, 2.05) is 18.2 Å². The van der Waals surface area contributed by atoms with E-state index in [4.69, 9.17) is 10.3 Å². The van der Waals surface area contributed by atoms with E-state index in [0.29, 0.717) is 30.4 Å². The van der Waals surface area contributed by atoms with Gasteiger partial charge in [0.25, 0.3) is 0 Å². The summed E-state index contributed by atoms with van der Waals surface area (Å²) in [5, 5.41) is 3.84. The van der Waals surface area contributed by atoms with Crippen molar-refractivity contribution in [1.82, 2.24) is 10.1 Å². The van der Waals surface area contributed by atoms with Gasteiger partial charge in [-0.25, -0.2) is 0 Å². The molecule has 0 saturated carbocycles. The van der Waals surface area contributed by atoms with Gasteiger partial charge >= 0.3 is 0 Å². The second kappa shape index (κ2) is 5.67. The minimum atomic E-state index is 0.546. The topological polar surface area (TPSA) is 64.9 Å². The number of hydrogen-bond acceptors (Lipinski definition) is 5. The van der Waals surface area contributed by atoms with E-state index in [-0.39, 0.29) is 0 Å². The zero-order valence-corrected chi connectivity index (χ0v) is 9.61. The van der Waals surface area contributed by atoms with Crippen molar-refractivity contribution >= 4 is 11.8 Å². The Balaban J connectivity index is 1.89. The van der Waals surface area contributed by atoms with Crippen LogP contribution in [-0.4, -0.2) is 16.7 Å². The van der Waals surface area contributed by atoms with Crippen LogP contribution in [0.4, 0.5) is 0 Å². The smallest absolute Gasteiger partial charge is 0.237 e. The van der Waals surface area contributed by atoms with Crippen molar-refractivity contribution in [2.45, 2.75) is 17.1 Å². The Morgan fingerprint density at radius 3 is 2.81 bits per heavy atom. The lowest BCUT2D eigenvalue weighted by Crippen LogP contribution is -2.03. The van der Waals surface area contributed by atoms with Crippen molar-refractivity contribution in [2.75, 3.05) is 6.54 Å². The molecule has 1 aromatic heterocycles. The summed E-state index contributed by atoms with van der Waals surface area (Å²) < 4.78 is 5.10. The van der Waals surface area contributed by atoms with Gasteiger partial charge in [-0.2, -0.15) is 4.98 Å². The van der Waals surface area contributed by atoms with Gasteiger partial charge in [0.2, 0.25) is 5.89 Å². The van der Waals surface area contributed by atoms with E-state index in [1.165, 1.54) is 4.90 Å². The van der Waals surface area contributed by atoms with Crippen LogP contribution in [0.25, 0.3) is 0 Å². The molecule has 0 radical (unpaired) electrons. The lowest BCUT2D eigenvalue weighted by atomic mass is 10.4. The van der Waals surface area contributed by atoms with Crippen LogP contribution >= 0.6 is 11.8 Å². The zero-order valence-electron chi connectivity index (χ0n) is 8.80. The van der Waals surface area contributed by atoms with Gasteiger partial charge < -0.3 is 10.3 Å². The maximum atomic E-state index is 5.41. The maximum Gasteiger partial charge on any atom is 0.237 e. The van der Waals surface area contributed by atoms with Gasteiger partial charge in [0.15, 0.2) is 5.82 Å². The molecule has 1 aromatic carbocycles. The van der Waals surface area contributed by atoms with Gasteiger partial charge in [-0.3, -0.25) is 0 Å². The van der Waals surface area contributed by atoms with E-state index in [9.17, 15) is 0 Å². The fourth-order valence-electron chi connectivity index (χ4n) is 1.24. The maximum absolute atomic E-state index is 5.41. The predicted molar refractivity (Wildman–Crippen MR) is 63.1 cm³/mol. The Hall–Kier alpha value is -1.33. The monoisotopic (exact) mass is 235 g/mol. The summed E-state index contributed by atoms with van der Waals surface area (Å²) in [5.74, 6) is 2.03. The van der Waals surface area contributed by atoms with Gasteiger partial charge in [-0.15, -0.1) is 11.8 Å². The highest BCUT2D eigenvalue weighted by atomic mass is 32.2. The summed E-state index contributed by atoms with van der Waals surface area (Å²) in [4.78, 5) is 5.43. The second-order valence-electron chi connectivity index (χ2n) is 3.24. The standard InChI is InChI=1S/C11H13N3OS/c12-7-6-10-13-11(15-14-10)8-16-9-4-2-1-3-5-9/h1-5H,6-8,12H2. The van der Waals surface area contributed by atoms with Crippen LogP contribution in [0, 0.1) is 0 Å². The SMILES string of the molecule is NCCc1noc(CSc2ccccc2)n1. The summed E-state index contributed by atoms with van der Waals surface area (Å²) >= 11 is 1.68. The van der Waals surface area contributed by atoms with E-state index in [1.54, 1.807) is 11.8 Å². The van der Waals surface area contributed by atoms with Gasteiger partial charge in [-0.1, -0.05) is 23.4 Å². The molecule has 0 aliphatic rings. The fraction of sp³-hybridized carbons (Fsp3) is 0.273. The predicted octanol–water partition coefficient (Wildman–Crippen LogP) is 1.86. The first-order chi connectivity index (χ1) is 7.88. The van der Waals surface area contributed by atoms with E-state index in [0.717, 1.165) is 0 Å². The number of nitrogens with two attached hydrogens (primary N) is 1. The summed E-state index contributed by atoms with van der Waals surface area (Å²) in [6, 6.07) is 10.1. The van der Waals surface area contributed by atoms with Crippen molar-refractivity contribution in [1.29, 1.82) is 0 Å². The summed E-state index contributed by atoms with van der Waals surface area (Å²) in [6.07, 6.45) is 0.666. The highest BCUT2D eigenvalue weighted by Gasteiger charge is 2.05. The van der Waals surface area contributed by atoms with Crippen LogP contribution in [0.15, 0.2) is 39.8 Å². The largest absolute Gasteiger partial charge is 0.338 e. The van der Waals surface area contributed by atoms with Crippen molar-refractivity contribution in [3.8, 4) is 0 Å². The molecule has 0 atom stereocenters. The molecule has 0 spiro atoms. The third-order valence-corrected chi connectivity index (χ3v) is 2.98. The average Bonchev–Trinajstić information content (AvgIpc) is 2.76. The normalized spacial score (nSPS) is 10.6. The van der Waals surface area contributed by atoms with Crippen LogP contribution in [0.3, 0.4) is 0 Å². The molecule has 16 heavy (non-hydrogen) atoms. The Bertz CT molecular complexity index is 430. The zero-order chi connectivity index (χ0) is 11.2. The molecule has 0 saturated heterocycles. The molecule has 0 aliphatic carbocycles. The molecule has 0 amide bonds. The molecule has 84 valence electrons. The summed E-state index contributed by atoms with van der Waals surface area (Å²) in [7, 11) is 0. The minimum absolute atomic E-state index is 0.546. The summed E-state index contributed by atoms with van der Waals surface area (Å²) in [6.45, 7) is 0.546. The third kappa shape index (κ3) is 3.08. The number of rotatable bonds is 5. The van der Waals surface area contributed by atoms with E-state index >= 15 is 0 Å². The van der Waals surface area contributed by atoms with Crippen molar-refractivity contribution in [3.63, 3.8) is 0 Å². The molecule has 2 N–H and O–H groups in total. The first kappa shape index (κ1) is 11.2. The van der Waals surface area contributed by atoms with E-state index in [2.05, 4.69) is 22.3 Å². The molecule has 2 rings (SSSR count). The molecular formula is C11H13N3OS. The molecule has 5 heteroatoms. The number of aromatic nitrogens is 2. The third-order valence-electron chi connectivity index (χ3n) is 1.98. The Morgan fingerprint density at radius 2 is 2.06 bits per heavy atom. The van der Waals surface area contributed by atoms with Gasteiger partial charge in [0, 0.05) is 11.3 Å². The highest BCUT2D eigenvalue weighted by Crippen LogP contribution is 2.21. The molecule has 4 nitrogen and oxygen atoms in total. The van der Waals surface area contributed by atoms with Crippen molar-refractivity contribution in [3.05, 3.63) is 42.0 Å². The molecule has 0 bridgehead atoms. The number of hydrogen-bond donors (Lipinski definition) is 1. The van der Waals surface area contributed by atoms with Crippen LogP contribution < -0.4 is 5.73 Å². The van der Waals surface area contributed by atoms with E-state index < -0.39 is 0 Å². The lowest BCUT2D eigenvalue weighted by Gasteiger charge is -1.96. The van der Waals surface area contributed by atoms with Crippen LogP contribution in [0.5, 0.6) is 0 Å². The first-order valence-electron chi connectivity index (χ1n) is 5.08. The Kier molecular flexibility index (Phi) is 3.96. The number of nitrogens with zero attached hydrogens (tertiary/aromatic N) is 2. The Labute approximate surface area is 98.2 Å². The number of benzene rings is 1. The second-order valence-corrected chi connectivity index (χ2v) is 4.29. The average molecular weight is 235 g/mol.